The van der Waals surface area contributed by atoms with Gasteiger partial charge in [-0.2, -0.15) is 5.26 Å². The molecule has 0 radical (unpaired) electrons. The first kappa shape index (κ1) is 27.8. The van der Waals surface area contributed by atoms with Crippen LogP contribution in [0.15, 0.2) is 36.4 Å². The second-order valence-corrected chi connectivity index (χ2v) is 11.0. The van der Waals surface area contributed by atoms with Gasteiger partial charge in [-0.3, -0.25) is 4.90 Å². The molecule has 2 N–H and O–H groups in total. The number of nitrogens with one attached hydrogen (secondary N) is 1. The fraction of sp³-hybridized carbons (Fsp3) is 0.433. The summed E-state index contributed by atoms with van der Waals surface area (Å²) < 4.78 is 27.8. The van der Waals surface area contributed by atoms with Crippen molar-refractivity contribution in [2.45, 2.75) is 63.8 Å². The molecule has 4 aromatic rings. The number of carboxylic acids is 1. The number of aromatic carboxylic acids is 1. The molecule has 11 nitrogen and oxygen atoms in total. The number of pyridine rings is 1. The van der Waals surface area contributed by atoms with Gasteiger partial charge in [0.2, 0.25) is 11.7 Å². The Balaban J connectivity index is 1.14. The Morgan fingerprint density at radius 3 is 2.74 bits per heavy atom. The number of rotatable bonds is 10. The van der Waals surface area contributed by atoms with Gasteiger partial charge in [-0.15, -0.1) is 0 Å². The largest absolute Gasteiger partial charge is 0.475 e. The molecule has 2 fully saturated rings. The number of benzene rings is 1. The van der Waals surface area contributed by atoms with Crippen LogP contribution < -0.4 is 4.74 Å². The summed E-state index contributed by atoms with van der Waals surface area (Å²) in [5.74, 6) is -0.427. The number of aromatic amines is 1. The second-order valence-electron chi connectivity index (χ2n) is 11.0. The Bertz CT molecular complexity index is 1650. The van der Waals surface area contributed by atoms with E-state index >= 15 is 0 Å². The number of likely N-dealkylation sites (tertiary alicyclic amines) is 1. The zero-order chi connectivity index (χ0) is 29.3. The van der Waals surface area contributed by atoms with E-state index in [1.807, 2.05) is 22.8 Å². The van der Waals surface area contributed by atoms with Crippen LogP contribution in [0.4, 0.5) is 4.39 Å². The Kier molecular flexibility index (Phi) is 7.62. The smallest absolute Gasteiger partial charge is 0.372 e. The normalized spacial score (nSPS) is 18.5. The van der Waals surface area contributed by atoms with Crippen LogP contribution in [-0.2, 0) is 29.8 Å². The summed E-state index contributed by atoms with van der Waals surface area (Å²) in [7, 11) is 0. The van der Waals surface area contributed by atoms with Crippen LogP contribution in [0.25, 0.3) is 11.3 Å². The predicted octanol–water partition coefficient (Wildman–Crippen LogP) is 4.18. The molecule has 1 aromatic carbocycles. The summed E-state index contributed by atoms with van der Waals surface area (Å²) in [6.07, 6.45) is 3.75. The number of piperidine rings is 1. The van der Waals surface area contributed by atoms with Gasteiger partial charge in [0.15, 0.2) is 11.3 Å². The Morgan fingerprint density at radius 1 is 1.26 bits per heavy atom. The van der Waals surface area contributed by atoms with Gasteiger partial charge in [0.1, 0.15) is 18.2 Å². The van der Waals surface area contributed by atoms with Gasteiger partial charge in [-0.1, -0.05) is 19.1 Å². The summed E-state index contributed by atoms with van der Waals surface area (Å²) in [5, 5.41) is 18.3. The van der Waals surface area contributed by atoms with E-state index in [-0.39, 0.29) is 29.5 Å². The zero-order valence-electron chi connectivity index (χ0n) is 23.3. The van der Waals surface area contributed by atoms with Gasteiger partial charge in [0.25, 0.3) is 0 Å². The quantitative estimate of drug-likeness (QED) is 0.286. The van der Waals surface area contributed by atoms with E-state index < -0.39 is 11.8 Å². The molecule has 2 saturated heterocycles. The van der Waals surface area contributed by atoms with Crippen molar-refractivity contribution >= 4 is 17.3 Å². The predicted molar refractivity (Wildman–Crippen MR) is 149 cm³/mol. The van der Waals surface area contributed by atoms with Crippen molar-refractivity contribution in [2.24, 2.45) is 0 Å². The highest BCUT2D eigenvalue weighted by Gasteiger charge is 2.37. The molecule has 3 aromatic heterocycles. The van der Waals surface area contributed by atoms with Crippen molar-refractivity contribution in [2.75, 3.05) is 19.7 Å². The van der Waals surface area contributed by atoms with Crippen LogP contribution in [0.5, 0.6) is 5.88 Å². The lowest BCUT2D eigenvalue weighted by atomic mass is 9.73. The number of ether oxygens (including phenoxy) is 2. The standard InChI is InChI=1S/C30H32FN7O4/c1-2-30(23-4-3-5-25(33-23)42-18-20-7-6-19(15-32)14-22(20)31)9-11-37(12-10-30)17-24-34-26-28(36-27(35-26)29(39)40)38(24)16-21-8-13-41-21/h3-7,14,21H,2,8-13,16-18H2,1H3,(H,35,36)(H,39,40)/t21-/m0/s1. The number of H-pyrrole nitrogens is 1. The molecular weight excluding hydrogens is 541 g/mol. The van der Waals surface area contributed by atoms with E-state index in [1.165, 1.54) is 6.07 Å². The fourth-order valence-corrected chi connectivity index (χ4v) is 5.78. The minimum atomic E-state index is -1.11. The molecule has 42 heavy (non-hydrogen) atoms. The van der Waals surface area contributed by atoms with E-state index in [0.29, 0.717) is 35.8 Å². The number of nitriles is 1. The van der Waals surface area contributed by atoms with Crippen LogP contribution in [0.3, 0.4) is 0 Å². The lowest BCUT2D eigenvalue weighted by Crippen LogP contribution is -2.43. The maximum atomic E-state index is 14.3. The first-order chi connectivity index (χ1) is 20.4. The minimum absolute atomic E-state index is 0.0241. The number of fused-ring (bicyclic) bond motifs is 1. The van der Waals surface area contributed by atoms with Crippen molar-refractivity contribution in [3.63, 3.8) is 0 Å². The van der Waals surface area contributed by atoms with Crippen molar-refractivity contribution in [3.05, 3.63) is 70.7 Å². The van der Waals surface area contributed by atoms with Crippen molar-refractivity contribution < 1.29 is 23.8 Å². The van der Waals surface area contributed by atoms with Gasteiger partial charge < -0.3 is 24.1 Å². The van der Waals surface area contributed by atoms with Crippen LogP contribution >= 0.6 is 0 Å². The summed E-state index contributed by atoms with van der Waals surface area (Å²) in [6, 6.07) is 12.0. The monoisotopic (exact) mass is 573 g/mol. The SMILES string of the molecule is CCC1(c2cccc(OCc3ccc(C#N)cc3F)n2)CCN(Cc2nc3[nH]c(C(=O)O)nc3n2C[C@@H]2CCO2)CC1. The summed E-state index contributed by atoms with van der Waals surface area (Å²) in [6.45, 7) is 5.82. The van der Waals surface area contributed by atoms with Gasteiger partial charge in [0, 0.05) is 23.7 Å². The molecular formula is C30H32FN7O4. The van der Waals surface area contributed by atoms with Crippen LogP contribution in [0.2, 0.25) is 0 Å². The van der Waals surface area contributed by atoms with Crippen molar-refractivity contribution in [1.29, 1.82) is 5.26 Å². The first-order valence-corrected chi connectivity index (χ1v) is 14.2. The number of imidazole rings is 2. The van der Waals surface area contributed by atoms with Gasteiger partial charge >= 0.3 is 5.97 Å². The number of nitrogens with zero attached hydrogens (tertiary/aromatic N) is 6. The third-order valence-corrected chi connectivity index (χ3v) is 8.54. The molecule has 1 atom stereocenters. The number of hydrogen-bond acceptors (Lipinski definition) is 8. The average Bonchev–Trinajstić information content (AvgIpc) is 3.53. The van der Waals surface area contributed by atoms with Gasteiger partial charge in [-0.05, 0) is 57.0 Å². The molecule has 218 valence electrons. The molecule has 2 aliphatic rings. The lowest BCUT2D eigenvalue weighted by molar-refractivity contribution is -0.0593. The minimum Gasteiger partial charge on any atom is -0.475 e. The summed E-state index contributed by atoms with van der Waals surface area (Å²) >= 11 is 0. The highest BCUT2D eigenvalue weighted by molar-refractivity contribution is 5.87. The number of carboxylic acid groups (broad SMARTS) is 1. The lowest BCUT2D eigenvalue weighted by Gasteiger charge is -2.41. The van der Waals surface area contributed by atoms with Crippen molar-refractivity contribution in [1.82, 2.24) is 29.4 Å². The Labute approximate surface area is 241 Å². The van der Waals surface area contributed by atoms with Crippen LogP contribution in [-0.4, -0.2) is 66.3 Å². The third-order valence-electron chi connectivity index (χ3n) is 8.54. The third kappa shape index (κ3) is 5.45. The van der Waals surface area contributed by atoms with E-state index in [4.69, 9.17) is 24.7 Å². The van der Waals surface area contributed by atoms with Crippen LogP contribution in [0, 0.1) is 17.1 Å². The molecule has 5 heterocycles. The molecule has 2 aliphatic heterocycles. The van der Waals surface area contributed by atoms with Gasteiger partial charge in [0.05, 0.1) is 36.5 Å². The molecule has 0 aliphatic carbocycles. The average molecular weight is 574 g/mol. The summed E-state index contributed by atoms with van der Waals surface area (Å²) in [5.41, 5.74) is 2.50. The maximum absolute atomic E-state index is 14.3. The van der Waals surface area contributed by atoms with Crippen LogP contribution in [0.1, 0.15) is 65.9 Å². The molecule has 0 unspecified atom stereocenters. The van der Waals surface area contributed by atoms with Gasteiger partial charge in [-0.25, -0.2) is 24.1 Å². The Morgan fingerprint density at radius 2 is 2.07 bits per heavy atom. The number of aromatic nitrogens is 5. The second kappa shape index (κ2) is 11.5. The van der Waals surface area contributed by atoms with Crippen molar-refractivity contribution in [3.8, 4) is 11.9 Å². The number of hydrogen-bond donors (Lipinski definition) is 2. The molecule has 6 rings (SSSR count). The number of halogens is 1. The molecule has 0 bridgehead atoms. The fourth-order valence-electron chi connectivity index (χ4n) is 5.78. The van der Waals surface area contributed by atoms with E-state index in [2.05, 4.69) is 21.8 Å². The molecule has 0 spiro atoms. The summed E-state index contributed by atoms with van der Waals surface area (Å²) in [4.78, 5) is 30.5. The van der Waals surface area contributed by atoms with E-state index in [1.54, 1.807) is 18.2 Å². The first-order valence-electron chi connectivity index (χ1n) is 14.2. The molecule has 12 heteroatoms. The van der Waals surface area contributed by atoms with E-state index in [0.717, 1.165) is 56.9 Å². The zero-order valence-corrected chi connectivity index (χ0v) is 23.3. The Hall–Kier alpha value is -4.34. The number of carbonyl (C=O) groups is 1. The molecule has 0 amide bonds. The maximum Gasteiger partial charge on any atom is 0.372 e. The topological polar surface area (TPSA) is 142 Å². The molecule has 0 saturated carbocycles. The van der Waals surface area contributed by atoms with E-state index in [9.17, 15) is 14.3 Å². The highest BCUT2D eigenvalue weighted by atomic mass is 19.1. The highest BCUT2D eigenvalue weighted by Crippen LogP contribution is 2.38.